The van der Waals surface area contributed by atoms with E-state index in [-0.39, 0.29) is 43.4 Å². The third-order valence-electron chi connectivity index (χ3n) is 5.32. The molecule has 0 aliphatic rings. The van der Waals surface area contributed by atoms with Crippen LogP contribution >= 0.6 is 12.4 Å². The van der Waals surface area contributed by atoms with Crippen molar-refractivity contribution in [2.75, 3.05) is 26.7 Å². The minimum Gasteiger partial charge on any atom is -0.468 e. The van der Waals surface area contributed by atoms with Crippen LogP contribution in [0, 0.1) is 5.41 Å². The van der Waals surface area contributed by atoms with Crippen molar-refractivity contribution in [3.63, 3.8) is 0 Å². The van der Waals surface area contributed by atoms with Crippen molar-refractivity contribution < 1.29 is 19.1 Å². The summed E-state index contributed by atoms with van der Waals surface area (Å²) in [6, 6.07) is 16.5. The van der Waals surface area contributed by atoms with Crippen LogP contribution in [0.15, 0.2) is 65.5 Å². The second-order valence-electron chi connectivity index (χ2n) is 7.79. The molecule has 0 fully saturated rings. The van der Waals surface area contributed by atoms with Crippen LogP contribution < -0.4 is 16.6 Å². The Morgan fingerprint density at radius 3 is 2.32 bits per heavy atom. The Balaban J connectivity index is 0.00000481. The minimum atomic E-state index is -0.648. The average molecular weight is 527 g/mol. The van der Waals surface area contributed by atoms with Gasteiger partial charge in [0.1, 0.15) is 17.9 Å². The molecule has 0 atom stereocenters. The lowest BCUT2D eigenvalue weighted by Crippen LogP contribution is -2.42. The summed E-state index contributed by atoms with van der Waals surface area (Å²) < 4.78 is 5.74. The van der Waals surface area contributed by atoms with E-state index in [1.165, 1.54) is 25.1 Å². The lowest BCUT2D eigenvalue weighted by Gasteiger charge is -2.21. The molecule has 0 spiro atoms. The number of nitrogens with zero attached hydrogens (tertiary/aromatic N) is 3. The summed E-state index contributed by atoms with van der Waals surface area (Å²) in [5.41, 5.74) is 6.68. The van der Waals surface area contributed by atoms with Crippen molar-refractivity contribution in [2.45, 2.75) is 0 Å². The summed E-state index contributed by atoms with van der Waals surface area (Å²) in [6.07, 6.45) is 0. The summed E-state index contributed by atoms with van der Waals surface area (Å²) in [4.78, 5) is 51.3. The maximum atomic E-state index is 12.9. The van der Waals surface area contributed by atoms with E-state index in [4.69, 9.17) is 11.1 Å². The molecular formula is C25H27ClN6O5. The molecule has 0 saturated carbocycles. The van der Waals surface area contributed by atoms with E-state index in [9.17, 15) is 19.2 Å². The standard InChI is InChI=1S/C25H26N6O5.ClH/c1-30-25(35)19(14-20(29-30)16-8-10-17(11-9-16)22(26)27)23(33)28-12-13-31(15-21(32)36-2)24(34)18-6-4-3-5-7-18;/h3-11,14H,12-13,15H2,1-2H3,(H3,26,27)(H,28,33);1H. The lowest BCUT2D eigenvalue weighted by atomic mass is 10.1. The summed E-state index contributed by atoms with van der Waals surface area (Å²) in [6.45, 7) is -0.292. The number of ether oxygens (including phenoxy) is 1. The number of hydrogen-bond acceptors (Lipinski definition) is 7. The summed E-state index contributed by atoms with van der Waals surface area (Å²) in [5.74, 6) is -1.73. The monoisotopic (exact) mass is 526 g/mol. The Hall–Kier alpha value is -4.51. The van der Waals surface area contributed by atoms with Gasteiger partial charge in [-0.05, 0) is 18.2 Å². The lowest BCUT2D eigenvalue weighted by molar-refractivity contribution is -0.141. The first kappa shape index (κ1) is 28.7. The van der Waals surface area contributed by atoms with Crippen molar-refractivity contribution in [1.82, 2.24) is 20.0 Å². The summed E-state index contributed by atoms with van der Waals surface area (Å²) in [5, 5.41) is 14.3. The molecule has 1 aromatic heterocycles. The topological polar surface area (TPSA) is 160 Å². The number of rotatable bonds is 9. The first-order chi connectivity index (χ1) is 17.2. The second kappa shape index (κ2) is 13.0. The molecule has 12 heteroatoms. The molecule has 0 bridgehead atoms. The zero-order valence-corrected chi connectivity index (χ0v) is 21.1. The molecule has 4 N–H and O–H groups in total. The quantitative estimate of drug-likeness (QED) is 0.214. The number of methoxy groups -OCH3 is 1. The van der Waals surface area contributed by atoms with Gasteiger partial charge in [0.05, 0.1) is 12.8 Å². The Kier molecular flexibility index (Phi) is 10.1. The molecule has 3 rings (SSSR count). The zero-order chi connectivity index (χ0) is 26.2. The number of benzene rings is 2. The zero-order valence-electron chi connectivity index (χ0n) is 20.3. The van der Waals surface area contributed by atoms with Crippen LogP contribution in [0.5, 0.6) is 0 Å². The fourth-order valence-electron chi connectivity index (χ4n) is 3.37. The molecule has 37 heavy (non-hydrogen) atoms. The Bertz CT molecular complexity index is 1340. The molecular weight excluding hydrogens is 500 g/mol. The van der Waals surface area contributed by atoms with Gasteiger partial charge in [-0.15, -0.1) is 12.4 Å². The number of hydrogen-bond donors (Lipinski definition) is 3. The first-order valence-corrected chi connectivity index (χ1v) is 10.9. The third-order valence-corrected chi connectivity index (χ3v) is 5.32. The average Bonchev–Trinajstić information content (AvgIpc) is 2.89. The number of halogens is 1. The second-order valence-corrected chi connectivity index (χ2v) is 7.79. The van der Waals surface area contributed by atoms with Gasteiger partial charge in [-0.3, -0.25) is 24.6 Å². The van der Waals surface area contributed by atoms with E-state index in [0.717, 1.165) is 4.68 Å². The Morgan fingerprint density at radius 1 is 1.08 bits per heavy atom. The third kappa shape index (κ3) is 7.24. The maximum Gasteiger partial charge on any atom is 0.325 e. The summed E-state index contributed by atoms with van der Waals surface area (Å²) in [7, 11) is 2.66. The minimum absolute atomic E-state index is 0. The van der Waals surface area contributed by atoms with Crippen LogP contribution in [0.25, 0.3) is 11.3 Å². The number of amides is 2. The molecule has 1 heterocycles. The molecule has 0 radical (unpaired) electrons. The highest BCUT2D eigenvalue weighted by Gasteiger charge is 2.20. The maximum absolute atomic E-state index is 12.9. The Labute approximate surface area is 219 Å². The highest BCUT2D eigenvalue weighted by atomic mass is 35.5. The van der Waals surface area contributed by atoms with Crippen LogP contribution in [0.3, 0.4) is 0 Å². The van der Waals surface area contributed by atoms with Crippen LogP contribution in [-0.2, 0) is 16.6 Å². The first-order valence-electron chi connectivity index (χ1n) is 10.9. The molecule has 194 valence electrons. The predicted octanol–water partition coefficient (Wildman–Crippen LogP) is 1.20. The van der Waals surface area contributed by atoms with Gasteiger partial charge in [-0.25, -0.2) is 4.68 Å². The fraction of sp³-hybridized carbons (Fsp3) is 0.200. The molecule has 0 aliphatic heterocycles. The van der Waals surface area contributed by atoms with Crippen molar-refractivity contribution >= 4 is 36.0 Å². The van der Waals surface area contributed by atoms with Gasteiger partial charge >= 0.3 is 5.97 Å². The van der Waals surface area contributed by atoms with Crippen LogP contribution in [0.1, 0.15) is 26.3 Å². The molecule has 2 amide bonds. The van der Waals surface area contributed by atoms with Crippen LogP contribution in [0.2, 0.25) is 0 Å². The number of esters is 1. The van der Waals surface area contributed by atoms with Gasteiger partial charge in [-0.1, -0.05) is 42.5 Å². The van der Waals surface area contributed by atoms with E-state index in [1.807, 2.05) is 0 Å². The molecule has 0 saturated heterocycles. The number of aromatic nitrogens is 2. The van der Waals surface area contributed by atoms with Gasteiger partial charge < -0.3 is 20.7 Å². The van der Waals surface area contributed by atoms with Crippen molar-refractivity contribution in [3.05, 3.63) is 87.7 Å². The molecule has 0 aliphatic carbocycles. The van der Waals surface area contributed by atoms with E-state index in [1.54, 1.807) is 54.6 Å². The van der Waals surface area contributed by atoms with E-state index < -0.39 is 23.3 Å². The number of nitrogens with one attached hydrogen (secondary N) is 2. The fourth-order valence-corrected chi connectivity index (χ4v) is 3.37. The SMILES string of the molecule is COC(=O)CN(CCNC(=O)c1cc(-c2ccc(C(=N)N)cc2)nn(C)c1=O)C(=O)c1ccccc1.Cl. The predicted molar refractivity (Wildman–Crippen MR) is 140 cm³/mol. The molecule has 3 aromatic rings. The highest BCUT2D eigenvalue weighted by molar-refractivity contribution is 5.97. The molecule has 11 nitrogen and oxygen atoms in total. The largest absolute Gasteiger partial charge is 0.468 e. The van der Waals surface area contributed by atoms with E-state index in [2.05, 4.69) is 15.2 Å². The Morgan fingerprint density at radius 2 is 1.73 bits per heavy atom. The number of amidine groups is 1. The normalized spacial score (nSPS) is 10.1. The van der Waals surface area contributed by atoms with E-state index >= 15 is 0 Å². The van der Waals surface area contributed by atoms with Crippen molar-refractivity contribution in [2.24, 2.45) is 12.8 Å². The van der Waals surface area contributed by atoms with Gasteiger partial charge in [0.15, 0.2) is 0 Å². The smallest absolute Gasteiger partial charge is 0.325 e. The summed E-state index contributed by atoms with van der Waals surface area (Å²) >= 11 is 0. The highest BCUT2D eigenvalue weighted by Crippen LogP contribution is 2.17. The van der Waals surface area contributed by atoms with E-state index in [0.29, 0.717) is 22.4 Å². The van der Waals surface area contributed by atoms with Crippen molar-refractivity contribution in [1.29, 1.82) is 5.41 Å². The van der Waals surface area contributed by atoms with Gasteiger partial charge in [-0.2, -0.15) is 5.10 Å². The van der Waals surface area contributed by atoms with Crippen molar-refractivity contribution in [3.8, 4) is 11.3 Å². The van der Waals surface area contributed by atoms with Gasteiger partial charge in [0.2, 0.25) is 0 Å². The van der Waals surface area contributed by atoms with Gasteiger partial charge in [0, 0.05) is 36.8 Å². The van der Waals surface area contributed by atoms with Gasteiger partial charge in [0.25, 0.3) is 17.4 Å². The molecule has 0 unspecified atom stereocenters. The van der Waals surface area contributed by atoms with Crippen LogP contribution in [-0.4, -0.2) is 65.0 Å². The number of aryl methyl sites for hydroxylation is 1. The number of nitrogens with two attached hydrogens (primary N) is 1. The molecule has 2 aromatic carbocycles. The van der Waals surface area contributed by atoms with Crippen LogP contribution in [0.4, 0.5) is 0 Å². The number of carbonyl (C=O) groups is 3. The number of nitrogen functional groups attached to an aromatic ring is 1. The number of carbonyl (C=O) groups excluding carboxylic acids is 3.